The molecule has 1 aromatic rings. The first kappa shape index (κ1) is 15.3. The van der Waals surface area contributed by atoms with Crippen LogP contribution in [0.25, 0.3) is 0 Å². The number of carboxylic acids is 1. The number of rotatable bonds is 3. The van der Waals surface area contributed by atoms with Crippen molar-refractivity contribution in [3.8, 4) is 0 Å². The van der Waals surface area contributed by atoms with E-state index in [1.807, 2.05) is 19.9 Å². The Kier molecular flexibility index (Phi) is 4.70. The van der Waals surface area contributed by atoms with Crippen molar-refractivity contribution in [1.82, 2.24) is 4.90 Å². The summed E-state index contributed by atoms with van der Waals surface area (Å²) >= 11 is 7.30. The van der Waals surface area contributed by atoms with Crippen molar-refractivity contribution in [2.75, 3.05) is 6.54 Å². The maximum absolute atomic E-state index is 12.6. The highest BCUT2D eigenvalue weighted by atomic mass is 35.5. The number of nitrogens with zero attached hydrogens (tertiary/aromatic N) is 1. The molecule has 2 heterocycles. The van der Waals surface area contributed by atoms with Gasteiger partial charge in [-0.15, -0.1) is 11.3 Å². The molecule has 0 saturated carbocycles. The zero-order chi connectivity index (χ0) is 14.9. The first-order chi connectivity index (χ1) is 9.41. The van der Waals surface area contributed by atoms with Crippen LogP contribution in [0.2, 0.25) is 4.34 Å². The van der Waals surface area contributed by atoms with E-state index in [2.05, 4.69) is 0 Å². The Labute approximate surface area is 127 Å². The van der Waals surface area contributed by atoms with E-state index in [-0.39, 0.29) is 17.9 Å². The first-order valence-electron chi connectivity index (χ1n) is 6.70. The van der Waals surface area contributed by atoms with Gasteiger partial charge in [0.25, 0.3) is 0 Å². The van der Waals surface area contributed by atoms with Crippen LogP contribution in [-0.4, -0.2) is 34.5 Å². The van der Waals surface area contributed by atoms with Crippen molar-refractivity contribution < 1.29 is 14.7 Å². The van der Waals surface area contributed by atoms with Gasteiger partial charge in [0.1, 0.15) is 0 Å². The lowest BCUT2D eigenvalue weighted by molar-refractivity contribution is -0.149. The Morgan fingerprint density at radius 1 is 1.50 bits per heavy atom. The number of thiophene rings is 1. The molecule has 1 aromatic heterocycles. The van der Waals surface area contributed by atoms with E-state index >= 15 is 0 Å². The van der Waals surface area contributed by atoms with E-state index in [4.69, 9.17) is 11.6 Å². The van der Waals surface area contributed by atoms with Crippen molar-refractivity contribution in [1.29, 1.82) is 0 Å². The Hall–Kier alpha value is -1.07. The van der Waals surface area contributed by atoms with Gasteiger partial charge in [-0.2, -0.15) is 0 Å². The maximum atomic E-state index is 12.6. The average molecular weight is 316 g/mol. The first-order valence-corrected chi connectivity index (χ1v) is 7.89. The smallest absolute Gasteiger partial charge is 0.308 e. The quantitative estimate of drug-likeness (QED) is 0.931. The van der Waals surface area contributed by atoms with Crippen LogP contribution in [0, 0.1) is 5.92 Å². The van der Waals surface area contributed by atoms with E-state index < -0.39 is 11.9 Å². The molecule has 1 aliphatic rings. The minimum Gasteiger partial charge on any atom is -0.481 e. The molecule has 2 rings (SSSR count). The summed E-state index contributed by atoms with van der Waals surface area (Å²) < 4.78 is 0.662. The lowest BCUT2D eigenvalue weighted by atomic mass is 9.89. The van der Waals surface area contributed by atoms with Gasteiger partial charge in [0.2, 0.25) is 5.91 Å². The fourth-order valence-corrected chi connectivity index (χ4v) is 3.82. The van der Waals surface area contributed by atoms with E-state index in [1.54, 1.807) is 11.0 Å². The molecule has 4 nitrogen and oxygen atoms in total. The van der Waals surface area contributed by atoms with Crippen LogP contribution < -0.4 is 0 Å². The Balaban J connectivity index is 2.13. The van der Waals surface area contributed by atoms with E-state index in [1.165, 1.54) is 11.3 Å². The zero-order valence-electron chi connectivity index (χ0n) is 11.5. The molecule has 0 radical (unpaired) electrons. The average Bonchev–Trinajstić information content (AvgIpc) is 2.83. The molecule has 3 atom stereocenters. The van der Waals surface area contributed by atoms with Gasteiger partial charge in [-0.05, 0) is 38.8 Å². The molecule has 110 valence electrons. The zero-order valence-corrected chi connectivity index (χ0v) is 13.1. The van der Waals surface area contributed by atoms with Gasteiger partial charge in [0, 0.05) is 17.5 Å². The number of carbonyl (C=O) groups is 2. The Bertz CT molecular complexity index is 516. The molecule has 0 spiro atoms. The lowest BCUT2D eigenvalue weighted by Gasteiger charge is -2.38. The second-order valence-electron chi connectivity index (χ2n) is 5.22. The van der Waals surface area contributed by atoms with Gasteiger partial charge in [-0.1, -0.05) is 11.6 Å². The molecule has 20 heavy (non-hydrogen) atoms. The van der Waals surface area contributed by atoms with Gasteiger partial charge >= 0.3 is 5.97 Å². The predicted molar refractivity (Wildman–Crippen MR) is 79.3 cm³/mol. The molecular weight excluding hydrogens is 298 g/mol. The molecule has 1 unspecified atom stereocenters. The Morgan fingerprint density at radius 2 is 2.20 bits per heavy atom. The molecular formula is C14H18ClNO3S. The summed E-state index contributed by atoms with van der Waals surface area (Å²) in [6.07, 6.45) is 1.38. The molecule has 1 amide bonds. The third kappa shape index (κ3) is 2.99. The second kappa shape index (κ2) is 6.14. The fourth-order valence-electron chi connectivity index (χ4n) is 2.72. The summed E-state index contributed by atoms with van der Waals surface area (Å²) in [4.78, 5) is 26.4. The monoisotopic (exact) mass is 315 g/mol. The van der Waals surface area contributed by atoms with Crippen LogP contribution in [0.3, 0.4) is 0 Å². The predicted octanol–water partition coefficient (Wildman–Crippen LogP) is 3.22. The van der Waals surface area contributed by atoms with Crippen molar-refractivity contribution in [2.45, 2.75) is 38.6 Å². The van der Waals surface area contributed by atoms with Crippen LogP contribution in [0.15, 0.2) is 12.1 Å². The number of likely N-dealkylation sites (tertiary alicyclic amines) is 1. The highest BCUT2D eigenvalue weighted by molar-refractivity contribution is 7.16. The topological polar surface area (TPSA) is 57.6 Å². The molecule has 0 bridgehead atoms. The van der Waals surface area contributed by atoms with Gasteiger partial charge in [0.15, 0.2) is 0 Å². The number of carbonyl (C=O) groups excluding carboxylic acids is 1. The number of halogens is 1. The SMILES string of the molecule is CC(C(=O)N1CCC[C@H](C(=O)O)[C@@H]1C)c1ccc(Cl)s1. The number of hydrogen-bond donors (Lipinski definition) is 1. The summed E-state index contributed by atoms with van der Waals surface area (Å²) in [5.74, 6) is -1.57. The minimum atomic E-state index is -0.818. The van der Waals surface area contributed by atoms with Crippen LogP contribution in [0.4, 0.5) is 0 Å². The van der Waals surface area contributed by atoms with Gasteiger partial charge in [0.05, 0.1) is 16.2 Å². The normalized spacial score (nSPS) is 24.4. The molecule has 1 fully saturated rings. The number of hydrogen-bond acceptors (Lipinski definition) is 3. The van der Waals surface area contributed by atoms with Gasteiger partial charge < -0.3 is 10.0 Å². The molecule has 1 saturated heterocycles. The summed E-state index contributed by atoms with van der Waals surface area (Å²) in [5, 5.41) is 9.21. The summed E-state index contributed by atoms with van der Waals surface area (Å²) in [6, 6.07) is 3.38. The van der Waals surface area contributed by atoms with Gasteiger partial charge in [-0.25, -0.2) is 0 Å². The highest BCUT2D eigenvalue weighted by Crippen LogP contribution is 2.32. The maximum Gasteiger partial charge on any atom is 0.308 e. The number of amides is 1. The minimum absolute atomic E-state index is 0.0121. The van der Waals surface area contributed by atoms with Crippen LogP contribution in [0.5, 0.6) is 0 Å². The third-order valence-electron chi connectivity index (χ3n) is 3.98. The highest BCUT2D eigenvalue weighted by Gasteiger charge is 2.37. The number of piperidine rings is 1. The van der Waals surface area contributed by atoms with Gasteiger partial charge in [-0.3, -0.25) is 9.59 Å². The molecule has 1 aliphatic heterocycles. The lowest BCUT2D eigenvalue weighted by Crippen LogP contribution is -2.50. The van der Waals surface area contributed by atoms with Crippen molar-refractivity contribution >= 4 is 34.8 Å². The van der Waals surface area contributed by atoms with Crippen molar-refractivity contribution in [2.24, 2.45) is 5.92 Å². The van der Waals surface area contributed by atoms with E-state index in [0.29, 0.717) is 17.3 Å². The molecule has 6 heteroatoms. The summed E-state index contributed by atoms with van der Waals surface area (Å²) in [5.41, 5.74) is 0. The summed E-state index contributed by atoms with van der Waals surface area (Å²) in [7, 11) is 0. The van der Waals surface area contributed by atoms with Crippen LogP contribution in [-0.2, 0) is 9.59 Å². The number of carboxylic acid groups (broad SMARTS) is 1. The molecule has 0 aromatic carbocycles. The molecule has 0 aliphatic carbocycles. The fraction of sp³-hybridized carbons (Fsp3) is 0.571. The number of aliphatic carboxylic acids is 1. The second-order valence-corrected chi connectivity index (χ2v) is 6.97. The standard InChI is InChI=1S/C14H18ClNO3S/c1-8(11-5-6-12(15)20-11)13(17)16-7-3-4-10(9(16)2)14(18)19/h5-6,8-10H,3-4,7H2,1-2H3,(H,18,19)/t8?,9-,10-/m0/s1. The molecule has 1 N–H and O–H groups in total. The van der Waals surface area contributed by atoms with Crippen LogP contribution >= 0.6 is 22.9 Å². The van der Waals surface area contributed by atoms with E-state index in [0.717, 1.165) is 11.3 Å². The van der Waals surface area contributed by atoms with Crippen molar-refractivity contribution in [3.63, 3.8) is 0 Å². The van der Waals surface area contributed by atoms with Crippen molar-refractivity contribution in [3.05, 3.63) is 21.3 Å². The Morgan fingerprint density at radius 3 is 2.75 bits per heavy atom. The summed E-state index contributed by atoms with van der Waals surface area (Å²) in [6.45, 7) is 4.30. The largest absolute Gasteiger partial charge is 0.481 e. The van der Waals surface area contributed by atoms with Crippen LogP contribution in [0.1, 0.15) is 37.5 Å². The van der Waals surface area contributed by atoms with E-state index in [9.17, 15) is 14.7 Å². The third-order valence-corrected chi connectivity index (χ3v) is 5.39.